The van der Waals surface area contributed by atoms with Crippen molar-refractivity contribution < 1.29 is 4.74 Å². The zero-order chi connectivity index (χ0) is 26.9. The molecule has 0 saturated carbocycles. The number of rotatable bonds is 24. The van der Waals surface area contributed by atoms with Crippen molar-refractivity contribution in [2.24, 2.45) is 10.2 Å². The van der Waals surface area contributed by atoms with Crippen LogP contribution in [0.15, 0.2) is 64.8 Å². The van der Waals surface area contributed by atoms with Crippen LogP contribution in [0, 0.1) is 0 Å². The van der Waals surface area contributed by atoms with Crippen LogP contribution in [0.1, 0.15) is 122 Å². The van der Waals surface area contributed by atoms with Gasteiger partial charge >= 0.3 is 0 Å². The van der Waals surface area contributed by atoms with Gasteiger partial charge in [-0.25, -0.2) is 0 Å². The van der Waals surface area contributed by atoms with Crippen LogP contribution in [0.3, 0.4) is 0 Å². The minimum atomic E-state index is 0.421. The number of unbranched alkanes of at least 4 members (excludes halogenated alkanes) is 12. The van der Waals surface area contributed by atoms with E-state index in [0.717, 1.165) is 36.2 Å². The Morgan fingerprint density at radius 1 is 0.605 bits per heavy atom. The highest BCUT2D eigenvalue weighted by Gasteiger charge is 2.09. The fraction of sp³-hybridized carbons (Fsp3) is 0.647. The van der Waals surface area contributed by atoms with Crippen molar-refractivity contribution in [2.45, 2.75) is 129 Å². The highest BCUT2D eigenvalue weighted by molar-refractivity contribution is 9.09. The van der Waals surface area contributed by atoms with Gasteiger partial charge in [0.05, 0.1) is 17.5 Å². The summed E-state index contributed by atoms with van der Waals surface area (Å²) in [6.45, 7) is 3.22. The lowest BCUT2D eigenvalue weighted by molar-refractivity contribution is 0.0362. The Morgan fingerprint density at radius 2 is 1.16 bits per heavy atom. The molecule has 4 heteroatoms. The maximum atomic E-state index is 6.43. The Labute approximate surface area is 242 Å². The number of nitrogens with zero attached hydrogens (tertiary/aromatic N) is 2. The third-order valence-electron chi connectivity index (χ3n) is 7.23. The highest BCUT2D eigenvalue weighted by atomic mass is 79.9. The first-order valence-corrected chi connectivity index (χ1v) is 16.7. The monoisotopic (exact) mass is 584 g/mol. The molecule has 1 atom stereocenters. The van der Waals surface area contributed by atoms with Gasteiger partial charge in [0.25, 0.3) is 0 Å². The maximum absolute atomic E-state index is 6.43. The first-order chi connectivity index (χ1) is 18.8. The lowest BCUT2D eigenvalue weighted by atomic mass is 10.0. The normalized spacial score (nSPS) is 12.4. The molecule has 2 aromatic rings. The molecule has 2 aromatic carbocycles. The number of halogens is 1. The molecule has 0 aliphatic rings. The molecule has 0 aliphatic carbocycles. The van der Waals surface area contributed by atoms with E-state index in [4.69, 9.17) is 4.74 Å². The molecule has 0 fully saturated rings. The molecule has 0 spiro atoms. The average molecular weight is 586 g/mol. The predicted octanol–water partition coefficient (Wildman–Crippen LogP) is 12.1. The fourth-order valence-electron chi connectivity index (χ4n) is 4.84. The SMILES string of the molecule is CCCCCCCCC(CCCc1ccc(/N=N/c2ccccc2)cc1)OCCCCCCCCCCBr. The second kappa shape index (κ2) is 23.4. The van der Waals surface area contributed by atoms with Gasteiger partial charge in [0.2, 0.25) is 0 Å². The summed E-state index contributed by atoms with van der Waals surface area (Å²) in [7, 11) is 0. The highest BCUT2D eigenvalue weighted by Crippen LogP contribution is 2.21. The lowest BCUT2D eigenvalue weighted by Crippen LogP contribution is -2.14. The smallest absolute Gasteiger partial charge is 0.0857 e. The van der Waals surface area contributed by atoms with Crippen molar-refractivity contribution in [1.29, 1.82) is 0 Å². The van der Waals surface area contributed by atoms with Crippen LogP contribution in [0.5, 0.6) is 0 Å². The van der Waals surface area contributed by atoms with Crippen molar-refractivity contribution in [3.63, 3.8) is 0 Å². The van der Waals surface area contributed by atoms with Gasteiger partial charge < -0.3 is 4.74 Å². The van der Waals surface area contributed by atoms with Crippen molar-refractivity contribution in [3.8, 4) is 0 Å². The molecule has 0 heterocycles. The van der Waals surface area contributed by atoms with E-state index < -0.39 is 0 Å². The van der Waals surface area contributed by atoms with Crippen molar-refractivity contribution in [2.75, 3.05) is 11.9 Å². The third-order valence-corrected chi connectivity index (χ3v) is 7.79. The van der Waals surface area contributed by atoms with Crippen LogP contribution in [0.4, 0.5) is 11.4 Å². The molecule has 3 nitrogen and oxygen atoms in total. The van der Waals surface area contributed by atoms with Crippen LogP contribution >= 0.6 is 15.9 Å². The number of benzene rings is 2. The second-order valence-corrected chi connectivity index (χ2v) is 11.5. The number of alkyl halides is 1. The Hall–Kier alpha value is -1.52. The molecular weight excluding hydrogens is 532 g/mol. The quantitative estimate of drug-likeness (QED) is 0.0685. The number of azo groups is 1. The number of ether oxygens (including phenoxy) is 1. The zero-order valence-corrected chi connectivity index (χ0v) is 25.7. The van der Waals surface area contributed by atoms with Crippen molar-refractivity contribution in [3.05, 3.63) is 60.2 Å². The van der Waals surface area contributed by atoms with E-state index in [2.05, 4.69) is 57.3 Å². The van der Waals surface area contributed by atoms with E-state index in [1.54, 1.807) is 0 Å². The van der Waals surface area contributed by atoms with E-state index in [1.807, 2.05) is 30.3 Å². The Morgan fingerprint density at radius 3 is 1.82 bits per heavy atom. The molecule has 0 aromatic heterocycles. The molecule has 0 bridgehead atoms. The van der Waals surface area contributed by atoms with Crippen LogP contribution in [-0.2, 0) is 11.2 Å². The van der Waals surface area contributed by atoms with Crippen molar-refractivity contribution in [1.82, 2.24) is 0 Å². The maximum Gasteiger partial charge on any atom is 0.0857 e. The van der Waals surface area contributed by atoms with E-state index in [-0.39, 0.29) is 0 Å². The Balaban J connectivity index is 1.66. The summed E-state index contributed by atoms with van der Waals surface area (Å²) in [6, 6.07) is 18.4. The molecular formula is C34H53BrN2O. The summed E-state index contributed by atoms with van der Waals surface area (Å²) in [5, 5.41) is 9.83. The summed E-state index contributed by atoms with van der Waals surface area (Å²) in [6.07, 6.45) is 24.0. The van der Waals surface area contributed by atoms with E-state index >= 15 is 0 Å². The third kappa shape index (κ3) is 17.1. The van der Waals surface area contributed by atoms with Crippen LogP contribution in [0.25, 0.3) is 0 Å². The molecule has 1 unspecified atom stereocenters. The molecule has 212 valence electrons. The van der Waals surface area contributed by atoms with Gasteiger partial charge in [-0.2, -0.15) is 10.2 Å². The van der Waals surface area contributed by atoms with Gasteiger partial charge in [-0.15, -0.1) is 0 Å². The van der Waals surface area contributed by atoms with Gasteiger partial charge in [-0.3, -0.25) is 0 Å². The first-order valence-electron chi connectivity index (χ1n) is 15.5. The molecule has 0 amide bonds. The zero-order valence-electron chi connectivity index (χ0n) is 24.1. The summed E-state index contributed by atoms with van der Waals surface area (Å²) in [5.74, 6) is 0. The first kappa shape index (κ1) is 32.7. The number of hydrogen-bond donors (Lipinski definition) is 0. The van der Waals surface area contributed by atoms with Crippen molar-refractivity contribution >= 4 is 27.3 Å². The fourth-order valence-corrected chi connectivity index (χ4v) is 5.24. The number of aryl methyl sites for hydroxylation is 1. The van der Waals surface area contributed by atoms with Crippen LogP contribution in [-0.4, -0.2) is 18.0 Å². The Bertz CT molecular complexity index is 809. The summed E-state index contributed by atoms with van der Waals surface area (Å²) in [4.78, 5) is 0. The van der Waals surface area contributed by atoms with Crippen LogP contribution in [0.2, 0.25) is 0 Å². The van der Waals surface area contributed by atoms with Gasteiger partial charge in [0.1, 0.15) is 0 Å². The molecule has 0 N–H and O–H groups in total. The van der Waals surface area contributed by atoms with Gasteiger partial charge in [0, 0.05) is 11.9 Å². The second-order valence-electron chi connectivity index (χ2n) is 10.7. The number of hydrogen-bond acceptors (Lipinski definition) is 3. The summed E-state index contributed by atoms with van der Waals surface area (Å²) >= 11 is 3.52. The molecule has 0 aliphatic heterocycles. The van der Waals surface area contributed by atoms with Gasteiger partial charge in [-0.05, 0) is 68.4 Å². The minimum Gasteiger partial charge on any atom is -0.378 e. The molecule has 0 saturated heterocycles. The lowest BCUT2D eigenvalue weighted by Gasteiger charge is -2.18. The average Bonchev–Trinajstić information content (AvgIpc) is 2.95. The molecule has 0 radical (unpaired) electrons. The molecule has 2 rings (SSSR count). The van der Waals surface area contributed by atoms with E-state index in [0.29, 0.717) is 6.10 Å². The summed E-state index contributed by atoms with van der Waals surface area (Å²) in [5.41, 5.74) is 3.16. The standard InChI is InChI=1S/C34H53BrN2O/c1-2-3-4-5-10-16-23-34(38-30-18-12-9-7-6-8-11-17-29-35)24-19-20-31-25-27-33(28-26-31)37-36-32-21-14-13-15-22-32/h13-15,21-22,25-28,34H,2-12,16-20,23-24,29-30H2,1H3/b37-36+. The van der Waals surface area contributed by atoms with Gasteiger partial charge in [-0.1, -0.05) is 130 Å². The van der Waals surface area contributed by atoms with E-state index in [1.165, 1.54) is 108 Å². The predicted molar refractivity (Wildman–Crippen MR) is 168 cm³/mol. The van der Waals surface area contributed by atoms with Gasteiger partial charge in [0.15, 0.2) is 0 Å². The topological polar surface area (TPSA) is 34.0 Å². The summed E-state index contributed by atoms with van der Waals surface area (Å²) < 4.78 is 6.43. The largest absolute Gasteiger partial charge is 0.378 e. The minimum absolute atomic E-state index is 0.421. The van der Waals surface area contributed by atoms with Crippen LogP contribution < -0.4 is 0 Å². The molecule has 38 heavy (non-hydrogen) atoms. The Kier molecular flexibility index (Phi) is 20.1. The van der Waals surface area contributed by atoms with E-state index in [9.17, 15) is 0 Å².